The molecule has 0 aliphatic rings. The van der Waals surface area contributed by atoms with Gasteiger partial charge in [-0.25, -0.2) is 13.2 Å². The van der Waals surface area contributed by atoms with Gasteiger partial charge in [-0.2, -0.15) is 0 Å². The third-order valence-electron chi connectivity index (χ3n) is 3.46. The number of ether oxygens (including phenoxy) is 1. The molecular formula is C18H19NO5S. The molecule has 1 N–H and O–H groups in total. The van der Waals surface area contributed by atoms with Crippen LogP contribution in [0.4, 0.5) is 5.69 Å². The summed E-state index contributed by atoms with van der Waals surface area (Å²) in [5, 5.41) is 2.67. The zero-order valence-corrected chi connectivity index (χ0v) is 15.0. The van der Waals surface area contributed by atoms with Crippen LogP contribution in [0, 0.1) is 6.92 Å². The lowest BCUT2D eigenvalue weighted by Crippen LogP contribution is -2.30. The molecule has 1 amide bonds. The van der Waals surface area contributed by atoms with Crippen LogP contribution in [0.3, 0.4) is 0 Å². The Kier molecular flexibility index (Phi) is 5.58. The van der Waals surface area contributed by atoms with Crippen molar-refractivity contribution in [1.82, 2.24) is 0 Å². The molecule has 0 saturated heterocycles. The van der Waals surface area contributed by atoms with Crippen LogP contribution in [-0.4, -0.2) is 32.7 Å². The first-order valence-electron chi connectivity index (χ1n) is 7.55. The van der Waals surface area contributed by atoms with Crippen LogP contribution in [0.15, 0.2) is 53.4 Å². The van der Waals surface area contributed by atoms with E-state index >= 15 is 0 Å². The van der Waals surface area contributed by atoms with Gasteiger partial charge in [0.25, 0.3) is 5.91 Å². The Balaban J connectivity index is 2.00. The highest BCUT2D eigenvalue weighted by atomic mass is 32.2. The van der Waals surface area contributed by atoms with Gasteiger partial charge in [-0.3, -0.25) is 4.79 Å². The first-order chi connectivity index (χ1) is 11.7. The van der Waals surface area contributed by atoms with Crippen molar-refractivity contribution in [2.45, 2.75) is 24.8 Å². The van der Waals surface area contributed by atoms with E-state index in [1.54, 1.807) is 12.1 Å². The average Bonchev–Trinajstić information content (AvgIpc) is 2.54. The first kappa shape index (κ1) is 18.7. The number of rotatable bonds is 5. The molecule has 0 heterocycles. The number of aryl methyl sites for hydroxylation is 1. The largest absolute Gasteiger partial charge is 0.449 e. The summed E-state index contributed by atoms with van der Waals surface area (Å²) < 4.78 is 27.9. The van der Waals surface area contributed by atoms with E-state index in [1.165, 1.54) is 31.2 Å². The predicted molar refractivity (Wildman–Crippen MR) is 94.2 cm³/mol. The maximum Gasteiger partial charge on any atom is 0.338 e. The summed E-state index contributed by atoms with van der Waals surface area (Å²) in [7, 11) is -3.34. The van der Waals surface area contributed by atoms with Gasteiger partial charge in [0.15, 0.2) is 15.9 Å². The highest BCUT2D eigenvalue weighted by molar-refractivity contribution is 7.90. The first-order valence-corrected chi connectivity index (χ1v) is 9.44. The molecule has 132 valence electrons. The average molecular weight is 361 g/mol. The number of anilines is 1. The lowest BCUT2D eigenvalue weighted by Gasteiger charge is -2.14. The fourth-order valence-electron chi connectivity index (χ4n) is 2.09. The van der Waals surface area contributed by atoms with Crippen molar-refractivity contribution in [3.63, 3.8) is 0 Å². The zero-order chi connectivity index (χ0) is 18.6. The normalized spacial score (nSPS) is 12.3. The van der Waals surface area contributed by atoms with Crippen LogP contribution >= 0.6 is 0 Å². The van der Waals surface area contributed by atoms with Gasteiger partial charge in [0, 0.05) is 11.9 Å². The van der Waals surface area contributed by atoms with Gasteiger partial charge in [-0.15, -0.1) is 0 Å². The minimum Gasteiger partial charge on any atom is -0.449 e. The highest BCUT2D eigenvalue weighted by Gasteiger charge is 2.19. The second-order valence-electron chi connectivity index (χ2n) is 5.70. The van der Waals surface area contributed by atoms with Crippen molar-refractivity contribution in [3.05, 3.63) is 59.7 Å². The highest BCUT2D eigenvalue weighted by Crippen LogP contribution is 2.13. The fraction of sp³-hybridized carbons (Fsp3) is 0.222. The third-order valence-corrected chi connectivity index (χ3v) is 4.59. The lowest BCUT2D eigenvalue weighted by molar-refractivity contribution is -0.123. The molecule has 0 unspecified atom stereocenters. The molecule has 6 nitrogen and oxygen atoms in total. The number of carbonyl (C=O) groups is 2. The SMILES string of the molecule is Cc1cccc(NC(=O)[C@H](C)OC(=O)c2ccc(S(C)(=O)=O)cc2)c1. The number of benzene rings is 2. The molecule has 0 radical (unpaired) electrons. The van der Waals surface area contributed by atoms with Crippen LogP contribution in [0.5, 0.6) is 0 Å². The Labute approximate surface area is 146 Å². The van der Waals surface area contributed by atoms with E-state index in [4.69, 9.17) is 4.74 Å². The molecule has 2 rings (SSSR count). The summed E-state index contributed by atoms with van der Waals surface area (Å²) in [4.78, 5) is 24.3. The molecule has 0 aliphatic carbocycles. The molecule has 25 heavy (non-hydrogen) atoms. The molecule has 0 bridgehead atoms. The van der Waals surface area contributed by atoms with Crippen LogP contribution in [-0.2, 0) is 19.4 Å². The number of sulfone groups is 1. The summed E-state index contributed by atoms with van der Waals surface area (Å²) >= 11 is 0. The smallest absolute Gasteiger partial charge is 0.338 e. The summed E-state index contributed by atoms with van der Waals surface area (Å²) in [6, 6.07) is 12.6. The van der Waals surface area contributed by atoms with Crippen LogP contribution in [0.1, 0.15) is 22.8 Å². The van der Waals surface area contributed by atoms with Crippen molar-refractivity contribution >= 4 is 27.4 Å². The number of hydrogen-bond donors (Lipinski definition) is 1. The Morgan fingerprint density at radius 1 is 1.08 bits per heavy atom. The number of carbonyl (C=O) groups excluding carboxylic acids is 2. The van der Waals surface area contributed by atoms with Crippen LogP contribution in [0.2, 0.25) is 0 Å². The summed E-state index contributed by atoms with van der Waals surface area (Å²) in [5.74, 6) is -1.15. The molecule has 7 heteroatoms. The number of esters is 1. The fourth-order valence-corrected chi connectivity index (χ4v) is 2.72. The summed E-state index contributed by atoms with van der Waals surface area (Å²) in [5.41, 5.74) is 1.78. The second kappa shape index (κ2) is 7.48. The third kappa shape index (κ3) is 5.15. The second-order valence-corrected chi connectivity index (χ2v) is 7.72. The molecule has 0 aliphatic heterocycles. The Morgan fingerprint density at radius 3 is 2.28 bits per heavy atom. The van der Waals surface area contributed by atoms with Gasteiger partial charge in [-0.05, 0) is 55.8 Å². The van der Waals surface area contributed by atoms with E-state index in [1.807, 2.05) is 19.1 Å². The van der Waals surface area contributed by atoms with Crippen molar-refractivity contribution < 1.29 is 22.7 Å². The lowest BCUT2D eigenvalue weighted by atomic mass is 10.2. The molecule has 2 aromatic carbocycles. The minimum absolute atomic E-state index is 0.106. The minimum atomic E-state index is -3.34. The predicted octanol–water partition coefficient (Wildman–Crippen LogP) is 2.58. The summed E-state index contributed by atoms with van der Waals surface area (Å²) in [6.45, 7) is 3.37. The summed E-state index contributed by atoms with van der Waals surface area (Å²) in [6.07, 6.45) is 0.0838. The molecule has 2 aromatic rings. The topological polar surface area (TPSA) is 89.5 Å². The van der Waals surface area contributed by atoms with E-state index in [0.29, 0.717) is 5.69 Å². The van der Waals surface area contributed by atoms with E-state index in [0.717, 1.165) is 11.8 Å². The number of nitrogens with one attached hydrogen (secondary N) is 1. The van der Waals surface area contributed by atoms with E-state index in [9.17, 15) is 18.0 Å². The quantitative estimate of drug-likeness (QED) is 0.827. The van der Waals surface area contributed by atoms with E-state index < -0.39 is 27.8 Å². The van der Waals surface area contributed by atoms with Gasteiger partial charge in [0.05, 0.1) is 10.5 Å². The molecule has 0 spiro atoms. The maximum absolute atomic E-state index is 12.1. The Hall–Kier alpha value is -2.67. The van der Waals surface area contributed by atoms with Crippen molar-refractivity contribution in [2.24, 2.45) is 0 Å². The van der Waals surface area contributed by atoms with Crippen molar-refractivity contribution in [1.29, 1.82) is 0 Å². The van der Waals surface area contributed by atoms with Gasteiger partial charge in [-0.1, -0.05) is 12.1 Å². The molecule has 0 aromatic heterocycles. The van der Waals surface area contributed by atoms with Crippen molar-refractivity contribution in [2.75, 3.05) is 11.6 Å². The number of hydrogen-bond acceptors (Lipinski definition) is 5. The van der Waals surface area contributed by atoms with Gasteiger partial charge >= 0.3 is 5.97 Å². The van der Waals surface area contributed by atoms with Crippen LogP contribution in [0.25, 0.3) is 0 Å². The van der Waals surface area contributed by atoms with E-state index in [-0.39, 0.29) is 10.5 Å². The van der Waals surface area contributed by atoms with Gasteiger partial charge < -0.3 is 10.1 Å². The van der Waals surface area contributed by atoms with E-state index in [2.05, 4.69) is 5.32 Å². The zero-order valence-electron chi connectivity index (χ0n) is 14.1. The number of amides is 1. The molecular weight excluding hydrogens is 342 g/mol. The van der Waals surface area contributed by atoms with Crippen molar-refractivity contribution in [3.8, 4) is 0 Å². The van der Waals surface area contributed by atoms with Crippen LogP contribution < -0.4 is 5.32 Å². The monoisotopic (exact) mass is 361 g/mol. The van der Waals surface area contributed by atoms with Gasteiger partial charge in [0.2, 0.25) is 0 Å². The molecule has 1 atom stereocenters. The van der Waals surface area contributed by atoms with Gasteiger partial charge in [0.1, 0.15) is 0 Å². The maximum atomic E-state index is 12.1. The Morgan fingerprint density at radius 2 is 1.72 bits per heavy atom. The Bertz CT molecular complexity index is 888. The molecule has 0 saturated carbocycles. The molecule has 0 fully saturated rings. The standard InChI is InChI=1S/C18H19NO5S/c1-12-5-4-6-15(11-12)19-17(20)13(2)24-18(21)14-7-9-16(10-8-14)25(3,22)23/h4-11,13H,1-3H3,(H,19,20)/t13-/m0/s1.